The number of anilines is 2. The van der Waals surface area contributed by atoms with Gasteiger partial charge in [0.05, 0.1) is 17.6 Å². The van der Waals surface area contributed by atoms with E-state index < -0.39 is 10.0 Å². The molecule has 2 N–H and O–H groups in total. The molecule has 102 valence electrons. The van der Waals surface area contributed by atoms with Gasteiger partial charge in [0.15, 0.2) is 0 Å². The van der Waals surface area contributed by atoms with Crippen molar-refractivity contribution in [3.8, 4) is 0 Å². The molecule has 0 aliphatic heterocycles. The van der Waals surface area contributed by atoms with Crippen LogP contribution in [0.25, 0.3) is 0 Å². The summed E-state index contributed by atoms with van der Waals surface area (Å²) in [6.07, 6.45) is 2.59. The molecule has 1 heterocycles. The molecule has 0 aliphatic carbocycles. The summed E-state index contributed by atoms with van der Waals surface area (Å²) in [4.78, 5) is 1.93. The fraction of sp³-hybridized carbons (Fsp3) is 0.182. The average molecular weight is 345 g/mol. The highest BCUT2D eigenvalue weighted by atomic mass is 79.9. The predicted octanol–water partition coefficient (Wildman–Crippen LogP) is 2.04. The van der Waals surface area contributed by atoms with E-state index in [1.807, 2.05) is 31.1 Å². The van der Waals surface area contributed by atoms with Gasteiger partial charge in [-0.1, -0.05) is 15.9 Å². The fourth-order valence-corrected chi connectivity index (χ4v) is 2.90. The molecule has 2 aromatic rings. The second-order valence-electron chi connectivity index (χ2n) is 4.10. The third-order valence-corrected chi connectivity index (χ3v) is 4.29. The number of aromatic nitrogens is 2. The lowest BCUT2D eigenvalue weighted by Crippen LogP contribution is -2.16. The quantitative estimate of drug-likeness (QED) is 0.889. The highest BCUT2D eigenvalue weighted by Gasteiger charge is 2.17. The first-order valence-electron chi connectivity index (χ1n) is 5.38. The summed E-state index contributed by atoms with van der Waals surface area (Å²) in [5.74, 6) is 0. The van der Waals surface area contributed by atoms with Crippen LogP contribution >= 0.6 is 15.9 Å². The van der Waals surface area contributed by atoms with Crippen LogP contribution in [0.15, 0.2) is 40.0 Å². The van der Waals surface area contributed by atoms with Crippen molar-refractivity contribution in [2.24, 2.45) is 0 Å². The van der Waals surface area contributed by atoms with Gasteiger partial charge in [-0.25, -0.2) is 8.42 Å². The Kier molecular flexibility index (Phi) is 3.81. The highest BCUT2D eigenvalue weighted by Crippen LogP contribution is 2.29. The third-order valence-electron chi connectivity index (χ3n) is 2.47. The Morgan fingerprint density at radius 3 is 2.68 bits per heavy atom. The molecule has 8 heteroatoms. The van der Waals surface area contributed by atoms with Crippen LogP contribution in [0.2, 0.25) is 0 Å². The molecule has 1 aromatic heterocycles. The van der Waals surface area contributed by atoms with Crippen LogP contribution in [-0.2, 0) is 10.0 Å². The average Bonchev–Trinajstić information content (AvgIpc) is 2.81. The monoisotopic (exact) mass is 344 g/mol. The van der Waals surface area contributed by atoms with E-state index in [1.54, 1.807) is 6.07 Å². The van der Waals surface area contributed by atoms with E-state index in [4.69, 9.17) is 0 Å². The first-order valence-corrected chi connectivity index (χ1v) is 7.66. The maximum Gasteiger partial charge on any atom is 0.265 e. The molecule has 0 saturated heterocycles. The summed E-state index contributed by atoms with van der Waals surface area (Å²) < 4.78 is 27.6. The topological polar surface area (TPSA) is 78.1 Å². The van der Waals surface area contributed by atoms with E-state index >= 15 is 0 Å². The first-order chi connectivity index (χ1) is 8.90. The lowest BCUT2D eigenvalue weighted by Gasteiger charge is -2.18. The number of aromatic amines is 1. The van der Waals surface area contributed by atoms with Gasteiger partial charge in [-0.2, -0.15) is 5.10 Å². The third kappa shape index (κ3) is 3.07. The second-order valence-corrected chi connectivity index (χ2v) is 6.69. The van der Waals surface area contributed by atoms with Gasteiger partial charge in [0.25, 0.3) is 10.0 Å². The van der Waals surface area contributed by atoms with Crippen molar-refractivity contribution in [1.29, 1.82) is 0 Å². The summed E-state index contributed by atoms with van der Waals surface area (Å²) in [5, 5.41) is 6.12. The van der Waals surface area contributed by atoms with Gasteiger partial charge in [-0.3, -0.25) is 9.82 Å². The molecule has 0 aliphatic rings. The normalized spacial score (nSPS) is 11.3. The summed E-state index contributed by atoms with van der Waals surface area (Å²) >= 11 is 3.33. The molecule has 6 nitrogen and oxygen atoms in total. The molecule has 1 aromatic carbocycles. The highest BCUT2D eigenvalue weighted by molar-refractivity contribution is 9.10. The molecule has 0 saturated carbocycles. The van der Waals surface area contributed by atoms with Crippen LogP contribution in [0.1, 0.15) is 0 Å². The molecule has 0 amide bonds. The fourth-order valence-electron chi connectivity index (χ4n) is 1.57. The molecule has 0 fully saturated rings. The molecule has 0 atom stereocenters. The zero-order chi connectivity index (χ0) is 14.0. The minimum atomic E-state index is -3.63. The minimum Gasteiger partial charge on any atom is -0.376 e. The van der Waals surface area contributed by atoms with E-state index in [0.29, 0.717) is 5.69 Å². The van der Waals surface area contributed by atoms with Gasteiger partial charge >= 0.3 is 0 Å². The second kappa shape index (κ2) is 5.22. The van der Waals surface area contributed by atoms with Crippen molar-refractivity contribution in [2.45, 2.75) is 4.90 Å². The predicted molar refractivity (Wildman–Crippen MR) is 77.9 cm³/mol. The number of nitrogens with zero attached hydrogens (tertiary/aromatic N) is 2. The molecular formula is C11H13BrN4O2S. The molecule has 2 rings (SSSR count). The molecular weight excluding hydrogens is 332 g/mol. The Morgan fingerprint density at radius 1 is 1.37 bits per heavy atom. The van der Waals surface area contributed by atoms with E-state index in [9.17, 15) is 8.42 Å². The van der Waals surface area contributed by atoms with Crippen LogP contribution in [0, 0.1) is 0 Å². The number of H-pyrrole nitrogens is 1. The van der Waals surface area contributed by atoms with Crippen LogP contribution in [0.5, 0.6) is 0 Å². The molecule has 0 bridgehead atoms. The van der Waals surface area contributed by atoms with Crippen molar-refractivity contribution < 1.29 is 8.42 Å². The summed E-state index contributed by atoms with van der Waals surface area (Å²) in [6, 6.07) is 5.40. The largest absolute Gasteiger partial charge is 0.376 e. The van der Waals surface area contributed by atoms with Crippen molar-refractivity contribution in [3.63, 3.8) is 0 Å². The molecule has 19 heavy (non-hydrogen) atoms. The number of sulfonamides is 1. The number of hydrogen-bond acceptors (Lipinski definition) is 4. The number of rotatable bonds is 4. The first kappa shape index (κ1) is 13.9. The standard InChI is InChI=1S/C11H13BrN4O2S/c1-16(2)11-4-3-8(12)5-10(11)15-19(17,18)9-6-13-14-7-9/h3-7,15H,1-2H3,(H,13,14). The Labute approximate surface area is 120 Å². The Hall–Kier alpha value is -1.54. The number of halogens is 1. The number of nitrogens with one attached hydrogen (secondary N) is 2. The van der Waals surface area contributed by atoms with Crippen LogP contribution in [0.3, 0.4) is 0 Å². The zero-order valence-corrected chi connectivity index (χ0v) is 12.8. The van der Waals surface area contributed by atoms with Crippen LogP contribution in [-0.4, -0.2) is 32.7 Å². The van der Waals surface area contributed by atoms with E-state index in [2.05, 4.69) is 30.8 Å². The van der Waals surface area contributed by atoms with E-state index in [1.165, 1.54) is 12.4 Å². The van der Waals surface area contributed by atoms with Gasteiger partial charge in [0.2, 0.25) is 0 Å². The Morgan fingerprint density at radius 2 is 2.11 bits per heavy atom. The van der Waals surface area contributed by atoms with Gasteiger partial charge in [0, 0.05) is 24.8 Å². The van der Waals surface area contributed by atoms with Gasteiger partial charge < -0.3 is 4.90 Å². The van der Waals surface area contributed by atoms with Crippen LogP contribution < -0.4 is 9.62 Å². The molecule has 0 spiro atoms. The molecule has 0 radical (unpaired) electrons. The van der Waals surface area contributed by atoms with Crippen molar-refractivity contribution >= 4 is 37.3 Å². The minimum absolute atomic E-state index is 0.0946. The molecule has 0 unspecified atom stereocenters. The van der Waals surface area contributed by atoms with Gasteiger partial charge in [-0.15, -0.1) is 0 Å². The lowest BCUT2D eigenvalue weighted by atomic mass is 10.2. The maximum absolute atomic E-state index is 12.1. The number of hydrogen-bond donors (Lipinski definition) is 2. The Bertz CT molecular complexity index is 668. The van der Waals surface area contributed by atoms with Gasteiger partial charge in [0.1, 0.15) is 4.90 Å². The van der Waals surface area contributed by atoms with E-state index in [-0.39, 0.29) is 4.90 Å². The zero-order valence-electron chi connectivity index (χ0n) is 10.4. The summed E-state index contributed by atoms with van der Waals surface area (Å²) in [5.41, 5.74) is 1.27. The summed E-state index contributed by atoms with van der Waals surface area (Å²) in [6.45, 7) is 0. The Balaban J connectivity index is 2.41. The van der Waals surface area contributed by atoms with Crippen molar-refractivity contribution in [3.05, 3.63) is 35.1 Å². The maximum atomic E-state index is 12.1. The lowest BCUT2D eigenvalue weighted by molar-refractivity contribution is 0.601. The summed E-state index contributed by atoms with van der Waals surface area (Å²) in [7, 11) is 0.0582. The van der Waals surface area contributed by atoms with Crippen molar-refractivity contribution in [1.82, 2.24) is 10.2 Å². The van der Waals surface area contributed by atoms with Crippen LogP contribution in [0.4, 0.5) is 11.4 Å². The smallest absolute Gasteiger partial charge is 0.265 e. The van der Waals surface area contributed by atoms with E-state index in [0.717, 1.165) is 10.2 Å². The SMILES string of the molecule is CN(C)c1ccc(Br)cc1NS(=O)(=O)c1cn[nH]c1. The van der Waals surface area contributed by atoms with Gasteiger partial charge in [-0.05, 0) is 18.2 Å². The van der Waals surface area contributed by atoms with Crippen molar-refractivity contribution in [2.75, 3.05) is 23.7 Å². The number of benzene rings is 1.